The predicted octanol–water partition coefficient (Wildman–Crippen LogP) is -0.481. The molecule has 0 radical (unpaired) electrons. The van der Waals surface area contributed by atoms with Gasteiger partial charge in [0.05, 0.1) is 6.61 Å². The molecule has 0 aliphatic carbocycles. The van der Waals surface area contributed by atoms with E-state index >= 15 is 0 Å². The van der Waals surface area contributed by atoms with Crippen molar-refractivity contribution in [1.82, 2.24) is 0 Å². The molecule has 1 heterocycles. The molecule has 1 aliphatic heterocycles. The van der Waals surface area contributed by atoms with Gasteiger partial charge in [-0.05, 0) is 24.3 Å². The monoisotopic (exact) mass is 290 g/mol. The highest BCUT2D eigenvalue weighted by Crippen LogP contribution is 2.24. The number of hydrogen-bond donors (Lipinski definition) is 4. The van der Waals surface area contributed by atoms with Crippen molar-refractivity contribution in [2.75, 3.05) is 6.61 Å². The molecule has 6 nitrogen and oxygen atoms in total. The van der Waals surface area contributed by atoms with E-state index in [1.165, 1.54) is 0 Å². The van der Waals surface area contributed by atoms with Gasteiger partial charge in [-0.2, -0.15) is 0 Å². The first-order valence-corrected chi connectivity index (χ1v) is 6.13. The minimum absolute atomic E-state index is 0.383. The van der Waals surface area contributed by atoms with Gasteiger partial charge in [-0.3, -0.25) is 0 Å². The maximum Gasteiger partial charge on any atom is 0.229 e. The van der Waals surface area contributed by atoms with Crippen molar-refractivity contribution in [3.8, 4) is 5.75 Å². The molecule has 106 valence electrons. The van der Waals surface area contributed by atoms with Crippen molar-refractivity contribution in [2.45, 2.75) is 30.7 Å². The molecule has 0 aromatic heterocycles. The highest BCUT2D eigenvalue weighted by atomic mass is 35.5. The normalized spacial score (nSPS) is 35.1. The van der Waals surface area contributed by atoms with E-state index < -0.39 is 37.3 Å². The zero-order valence-electron chi connectivity index (χ0n) is 9.89. The molecular formula is C12H15ClO6. The number of hydrogen-bond acceptors (Lipinski definition) is 6. The summed E-state index contributed by atoms with van der Waals surface area (Å²) in [5.74, 6) is 0.383. The van der Waals surface area contributed by atoms with Crippen LogP contribution in [0.1, 0.15) is 0 Å². The zero-order chi connectivity index (χ0) is 14.0. The summed E-state index contributed by atoms with van der Waals surface area (Å²) in [7, 11) is 0. The third kappa shape index (κ3) is 3.17. The Kier molecular flexibility index (Phi) is 4.62. The van der Waals surface area contributed by atoms with Crippen molar-refractivity contribution in [1.29, 1.82) is 0 Å². The second kappa shape index (κ2) is 6.04. The Morgan fingerprint density at radius 1 is 1.05 bits per heavy atom. The summed E-state index contributed by atoms with van der Waals surface area (Å²) < 4.78 is 10.6. The predicted molar refractivity (Wildman–Crippen MR) is 65.8 cm³/mol. The van der Waals surface area contributed by atoms with Crippen molar-refractivity contribution < 1.29 is 29.9 Å². The smallest absolute Gasteiger partial charge is 0.229 e. The van der Waals surface area contributed by atoms with Gasteiger partial charge in [0.2, 0.25) is 6.29 Å². The van der Waals surface area contributed by atoms with E-state index in [2.05, 4.69) is 0 Å². The van der Waals surface area contributed by atoms with Gasteiger partial charge >= 0.3 is 0 Å². The van der Waals surface area contributed by atoms with E-state index in [1.54, 1.807) is 24.3 Å². The summed E-state index contributed by atoms with van der Waals surface area (Å²) in [6.45, 7) is -0.495. The molecule has 0 spiro atoms. The molecule has 0 saturated carbocycles. The first-order chi connectivity index (χ1) is 9.02. The molecule has 1 aromatic carbocycles. The summed E-state index contributed by atoms with van der Waals surface area (Å²) >= 11 is 5.73. The van der Waals surface area contributed by atoms with Crippen LogP contribution in [0.4, 0.5) is 0 Å². The molecule has 5 atom stereocenters. The molecule has 1 aliphatic rings. The summed E-state index contributed by atoms with van der Waals surface area (Å²) in [5, 5.41) is 38.5. The van der Waals surface area contributed by atoms with Gasteiger partial charge in [0.1, 0.15) is 30.2 Å². The van der Waals surface area contributed by atoms with Gasteiger partial charge in [0, 0.05) is 5.02 Å². The number of rotatable bonds is 3. The molecule has 4 N–H and O–H groups in total. The molecule has 2 rings (SSSR count). The minimum atomic E-state index is -1.46. The Bertz CT molecular complexity index is 409. The van der Waals surface area contributed by atoms with Crippen molar-refractivity contribution in [3.05, 3.63) is 29.3 Å². The third-order valence-electron chi connectivity index (χ3n) is 2.91. The lowest BCUT2D eigenvalue weighted by Crippen LogP contribution is -2.60. The summed E-state index contributed by atoms with van der Waals surface area (Å²) in [6, 6.07) is 6.34. The van der Waals surface area contributed by atoms with Crippen LogP contribution in [0, 0.1) is 0 Å². The van der Waals surface area contributed by atoms with Crippen molar-refractivity contribution in [2.24, 2.45) is 0 Å². The van der Waals surface area contributed by atoms with Gasteiger partial charge in [-0.1, -0.05) is 11.6 Å². The van der Waals surface area contributed by atoms with E-state index in [4.69, 9.17) is 26.2 Å². The molecule has 1 unspecified atom stereocenters. The minimum Gasteiger partial charge on any atom is -0.462 e. The SMILES string of the molecule is OC[C@H]1OC(Oc2ccc(Cl)cc2)[C@H](O)[C@@H](O)[C@@H]1O. The number of aliphatic hydroxyl groups excluding tert-OH is 4. The number of halogens is 1. The largest absolute Gasteiger partial charge is 0.462 e. The Morgan fingerprint density at radius 2 is 1.68 bits per heavy atom. The van der Waals surface area contributed by atoms with Crippen LogP contribution in [0.5, 0.6) is 5.75 Å². The highest BCUT2D eigenvalue weighted by Gasteiger charge is 2.44. The zero-order valence-corrected chi connectivity index (χ0v) is 10.6. The van der Waals surface area contributed by atoms with E-state index in [9.17, 15) is 15.3 Å². The fourth-order valence-electron chi connectivity index (χ4n) is 1.81. The first-order valence-electron chi connectivity index (χ1n) is 5.75. The average Bonchev–Trinajstić information content (AvgIpc) is 2.42. The summed E-state index contributed by atoms with van der Waals surface area (Å²) in [6.07, 6.45) is -6.45. The van der Waals surface area contributed by atoms with Crippen LogP contribution in [0.2, 0.25) is 5.02 Å². The molecule has 1 saturated heterocycles. The van der Waals surface area contributed by atoms with Crippen LogP contribution < -0.4 is 4.74 Å². The van der Waals surface area contributed by atoms with Gasteiger partial charge in [0.15, 0.2) is 0 Å². The van der Waals surface area contributed by atoms with E-state index in [-0.39, 0.29) is 0 Å². The topological polar surface area (TPSA) is 99.4 Å². The van der Waals surface area contributed by atoms with Gasteiger partial charge < -0.3 is 29.9 Å². The fourth-order valence-corrected chi connectivity index (χ4v) is 1.94. The third-order valence-corrected chi connectivity index (χ3v) is 3.17. The van der Waals surface area contributed by atoms with Gasteiger partial charge in [-0.15, -0.1) is 0 Å². The van der Waals surface area contributed by atoms with Crippen LogP contribution in [-0.2, 0) is 4.74 Å². The van der Waals surface area contributed by atoms with Crippen LogP contribution in [0.3, 0.4) is 0 Å². The Balaban J connectivity index is 2.08. The van der Waals surface area contributed by atoms with Crippen LogP contribution in [0.15, 0.2) is 24.3 Å². The van der Waals surface area contributed by atoms with Crippen molar-refractivity contribution >= 4 is 11.6 Å². The molecule has 19 heavy (non-hydrogen) atoms. The maximum absolute atomic E-state index is 9.77. The average molecular weight is 291 g/mol. The number of benzene rings is 1. The lowest BCUT2D eigenvalue weighted by Gasteiger charge is -2.39. The standard InChI is InChI=1S/C12H15ClO6/c13-6-1-3-7(4-2-6)18-12-11(17)10(16)9(15)8(5-14)19-12/h1-4,8-12,14-17H,5H2/t8-,9-,10+,11-,12?/m1/s1. The fraction of sp³-hybridized carbons (Fsp3) is 0.500. The Hall–Kier alpha value is -0.890. The van der Waals surface area contributed by atoms with Crippen molar-refractivity contribution in [3.63, 3.8) is 0 Å². The van der Waals surface area contributed by atoms with Crippen LogP contribution in [-0.4, -0.2) is 57.7 Å². The van der Waals surface area contributed by atoms with Gasteiger partial charge in [-0.25, -0.2) is 0 Å². The van der Waals surface area contributed by atoms with Crippen LogP contribution >= 0.6 is 11.6 Å². The molecule has 0 bridgehead atoms. The lowest BCUT2D eigenvalue weighted by atomic mass is 9.99. The second-order valence-corrected chi connectivity index (χ2v) is 4.71. The van der Waals surface area contributed by atoms with E-state index in [1.807, 2.05) is 0 Å². The molecule has 1 aromatic rings. The molecular weight excluding hydrogens is 276 g/mol. The van der Waals surface area contributed by atoms with E-state index in [0.29, 0.717) is 10.8 Å². The summed E-state index contributed by atoms with van der Waals surface area (Å²) in [4.78, 5) is 0. The molecule has 7 heteroatoms. The summed E-state index contributed by atoms with van der Waals surface area (Å²) in [5.41, 5.74) is 0. The Labute approximate surface area is 114 Å². The number of ether oxygens (including phenoxy) is 2. The maximum atomic E-state index is 9.77. The lowest BCUT2D eigenvalue weighted by molar-refractivity contribution is -0.277. The number of aliphatic hydroxyl groups is 4. The quantitative estimate of drug-likeness (QED) is 0.600. The molecule has 1 fully saturated rings. The van der Waals surface area contributed by atoms with E-state index in [0.717, 1.165) is 0 Å². The van der Waals surface area contributed by atoms with Gasteiger partial charge in [0.25, 0.3) is 0 Å². The molecule has 0 amide bonds. The highest BCUT2D eigenvalue weighted by molar-refractivity contribution is 6.30. The Morgan fingerprint density at radius 3 is 2.26 bits per heavy atom. The first kappa shape index (κ1) is 14.5. The van der Waals surface area contributed by atoms with Crippen LogP contribution in [0.25, 0.3) is 0 Å². The second-order valence-electron chi connectivity index (χ2n) is 4.27.